The zero-order valence-electron chi connectivity index (χ0n) is 16.3. The summed E-state index contributed by atoms with van der Waals surface area (Å²) in [7, 11) is 0. The maximum atomic E-state index is 10.6. The lowest BCUT2D eigenvalue weighted by Crippen LogP contribution is -2.56. The SMILES string of the molecule is CCOCC12CCCOC1CCN(Cc1ccc(C)s1)C2.O=C(O)C(F)(F)F. The summed E-state index contributed by atoms with van der Waals surface area (Å²) in [4.78, 5) is 14.4. The van der Waals surface area contributed by atoms with Gasteiger partial charge in [-0.25, -0.2) is 4.79 Å². The molecule has 1 aromatic heterocycles. The lowest BCUT2D eigenvalue weighted by atomic mass is 9.73. The summed E-state index contributed by atoms with van der Waals surface area (Å²) < 4.78 is 43.6. The predicted molar refractivity (Wildman–Crippen MR) is 101 cm³/mol. The summed E-state index contributed by atoms with van der Waals surface area (Å²) in [6, 6.07) is 4.51. The van der Waals surface area contributed by atoms with Crippen LogP contribution in [0.2, 0.25) is 0 Å². The molecule has 3 heterocycles. The van der Waals surface area contributed by atoms with Crippen molar-refractivity contribution in [2.24, 2.45) is 5.41 Å². The molecule has 0 radical (unpaired) electrons. The van der Waals surface area contributed by atoms with E-state index in [4.69, 9.17) is 19.4 Å². The fraction of sp³-hybridized carbons (Fsp3) is 0.737. The number of fused-ring (bicyclic) bond motifs is 1. The van der Waals surface area contributed by atoms with Crippen molar-refractivity contribution in [2.45, 2.75) is 51.9 Å². The number of thiophene rings is 1. The number of rotatable bonds is 5. The average molecular weight is 423 g/mol. The lowest BCUT2D eigenvalue weighted by molar-refractivity contribution is -0.192. The summed E-state index contributed by atoms with van der Waals surface area (Å²) in [6.45, 7) is 10.2. The van der Waals surface area contributed by atoms with E-state index in [2.05, 4.69) is 30.9 Å². The fourth-order valence-electron chi connectivity index (χ4n) is 3.82. The van der Waals surface area contributed by atoms with Gasteiger partial charge in [-0.1, -0.05) is 0 Å². The Bertz CT molecular complexity index is 637. The van der Waals surface area contributed by atoms with Gasteiger partial charge in [0.05, 0.1) is 12.7 Å². The summed E-state index contributed by atoms with van der Waals surface area (Å²) in [5, 5.41) is 7.12. The van der Waals surface area contributed by atoms with Crippen LogP contribution in [-0.2, 0) is 20.8 Å². The molecule has 2 saturated heterocycles. The molecule has 1 aromatic rings. The van der Waals surface area contributed by atoms with Crippen molar-refractivity contribution in [3.8, 4) is 0 Å². The molecule has 28 heavy (non-hydrogen) atoms. The standard InChI is InChI=1S/C17H27NO2S.C2HF3O2/c1-3-19-13-17-8-4-10-20-16(17)7-9-18(12-17)11-15-6-5-14(2)21-15;3-2(4,5)1(6)7/h5-6,16H,3-4,7-13H2,1-2H3;(H,6,7). The van der Waals surface area contributed by atoms with Crippen molar-refractivity contribution in [2.75, 3.05) is 32.9 Å². The minimum atomic E-state index is -5.08. The van der Waals surface area contributed by atoms with E-state index in [1.54, 1.807) is 0 Å². The number of halogens is 3. The van der Waals surface area contributed by atoms with Crippen molar-refractivity contribution in [1.82, 2.24) is 4.90 Å². The molecule has 160 valence electrons. The fourth-order valence-corrected chi connectivity index (χ4v) is 4.76. The van der Waals surface area contributed by atoms with Crippen LogP contribution in [-0.4, -0.2) is 61.2 Å². The molecule has 0 aromatic carbocycles. The molecule has 0 bridgehead atoms. The second-order valence-electron chi connectivity index (χ2n) is 7.28. The van der Waals surface area contributed by atoms with Gasteiger partial charge in [0.25, 0.3) is 0 Å². The second kappa shape index (κ2) is 10.0. The number of nitrogens with zero attached hydrogens (tertiary/aromatic N) is 1. The molecule has 2 unspecified atom stereocenters. The van der Waals surface area contributed by atoms with E-state index in [1.807, 2.05) is 11.3 Å². The number of carboxylic acids is 1. The Morgan fingerprint density at radius 2 is 2.18 bits per heavy atom. The van der Waals surface area contributed by atoms with Crippen molar-refractivity contribution in [3.05, 3.63) is 21.9 Å². The Morgan fingerprint density at radius 1 is 1.46 bits per heavy atom. The van der Waals surface area contributed by atoms with Crippen LogP contribution in [0.4, 0.5) is 13.2 Å². The van der Waals surface area contributed by atoms with Crippen molar-refractivity contribution in [3.63, 3.8) is 0 Å². The summed E-state index contributed by atoms with van der Waals surface area (Å²) in [5.41, 5.74) is 0.221. The highest BCUT2D eigenvalue weighted by molar-refractivity contribution is 7.11. The van der Waals surface area contributed by atoms with Crippen LogP contribution >= 0.6 is 11.3 Å². The number of carbonyl (C=O) groups is 1. The molecule has 2 aliphatic rings. The smallest absolute Gasteiger partial charge is 0.475 e. The first-order valence-corrected chi connectivity index (χ1v) is 10.2. The highest BCUT2D eigenvalue weighted by Crippen LogP contribution is 2.41. The third-order valence-electron chi connectivity index (χ3n) is 5.08. The van der Waals surface area contributed by atoms with Crippen molar-refractivity contribution < 1.29 is 32.5 Å². The number of piperidine rings is 1. The van der Waals surface area contributed by atoms with E-state index < -0.39 is 12.1 Å². The first kappa shape index (κ1) is 23.1. The van der Waals surface area contributed by atoms with Gasteiger partial charge in [0, 0.05) is 48.0 Å². The van der Waals surface area contributed by atoms with Gasteiger partial charge < -0.3 is 14.6 Å². The number of alkyl halides is 3. The molecule has 2 aliphatic heterocycles. The van der Waals surface area contributed by atoms with E-state index in [1.165, 1.54) is 22.6 Å². The Balaban J connectivity index is 0.000000345. The number of likely N-dealkylation sites (tertiary alicyclic amines) is 1. The molecular weight excluding hydrogens is 395 g/mol. The molecule has 2 atom stereocenters. The van der Waals surface area contributed by atoms with Crippen LogP contribution in [0.25, 0.3) is 0 Å². The Morgan fingerprint density at radius 3 is 2.75 bits per heavy atom. The Hall–Kier alpha value is -1.16. The minimum absolute atomic E-state index is 0.221. The third-order valence-corrected chi connectivity index (χ3v) is 6.06. The quantitative estimate of drug-likeness (QED) is 0.773. The maximum absolute atomic E-state index is 10.6. The number of aliphatic carboxylic acids is 1. The van der Waals surface area contributed by atoms with E-state index in [-0.39, 0.29) is 5.41 Å². The topological polar surface area (TPSA) is 59.0 Å². The molecule has 5 nitrogen and oxygen atoms in total. The minimum Gasteiger partial charge on any atom is -0.475 e. The lowest BCUT2D eigenvalue weighted by Gasteiger charge is -2.50. The van der Waals surface area contributed by atoms with Gasteiger partial charge in [-0.2, -0.15) is 13.2 Å². The van der Waals surface area contributed by atoms with Gasteiger partial charge in [-0.15, -0.1) is 11.3 Å². The molecule has 0 saturated carbocycles. The Kier molecular flexibility index (Phi) is 8.30. The van der Waals surface area contributed by atoms with Crippen LogP contribution in [0.1, 0.15) is 35.9 Å². The van der Waals surface area contributed by atoms with Gasteiger partial charge in [0.15, 0.2) is 0 Å². The number of aryl methyl sites for hydroxylation is 1. The van der Waals surface area contributed by atoms with E-state index >= 15 is 0 Å². The van der Waals surface area contributed by atoms with Gasteiger partial charge >= 0.3 is 12.1 Å². The molecule has 3 rings (SSSR count). The van der Waals surface area contributed by atoms with Gasteiger partial charge in [0.2, 0.25) is 0 Å². The first-order valence-electron chi connectivity index (χ1n) is 9.43. The first-order chi connectivity index (χ1) is 13.2. The number of ether oxygens (including phenoxy) is 2. The van der Waals surface area contributed by atoms with Crippen molar-refractivity contribution in [1.29, 1.82) is 0 Å². The summed E-state index contributed by atoms with van der Waals surface area (Å²) >= 11 is 1.92. The molecular formula is C19H28F3NO4S. The summed E-state index contributed by atoms with van der Waals surface area (Å²) in [6.07, 6.45) is -1.11. The number of hydrogen-bond acceptors (Lipinski definition) is 5. The summed E-state index contributed by atoms with van der Waals surface area (Å²) in [5.74, 6) is -2.76. The predicted octanol–water partition coefficient (Wildman–Crippen LogP) is 4.10. The highest BCUT2D eigenvalue weighted by atomic mass is 32.1. The number of hydrogen-bond donors (Lipinski definition) is 1. The molecule has 9 heteroatoms. The van der Waals surface area contributed by atoms with Crippen LogP contribution in [0.15, 0.2) is 12.1 Å². The van der Waals surface area contributed by atoms with Gasteiger partial charge in [0.1, 0.15) is 0 Å². The zero-order chi connectivity index (χ0) is 20.8. The van der Waals surface area contributed by atoms with Crippen molar-refractivity contribution >= 4 is 17.3 Å². The zero-order valence-corrected chi connectivity index (χ0v) is 17.1. The number of carboxylic acid groups (broad SMARTS) is 1. The van der Waals surface area contributed by atoms with Crippen LogP contribution in [0.5, 0.6) is 0 Å². The van der Waals surface area contributed by atoms with E-state index in [9.17, 15) is 13.2 Å². The third kappa shape index (κ3) is 6.43. The van der Waals surface area contributed by atoms with Crippen LogP contribution < -0.4 is 0 Å². The molecule has 0 aliphatic carbocycles. The van der Waals surface area contributed by atoms with Gasteiger partial charge in [-0.05, 0) is 45.2 Å². The molecule has 1 N–H and O–H groups in total. The molecule has 0 amide bonds. The largest absolute Gasteiger partial charge is 0.490 e. The van der Waals surface area contributed by atoms with Gasteiger partial charge in [-0.3, -0.25) is 4.90 Å². The molecule has 2 fully saturated rings. The van der Waals surface area contributed by atoms with Crippen LogP contribution in [0, 0.1) is 12.3 Å². The average Bonchev–Trinajstić information content (AvgIpc) is 3.04. The highest BCUT2D eigenvalue weighted by Gasteiger charge is 2.46. The monoisotopic (exact) mass is 423 g/mol. The van der Waals surface area contributed by atoms with Crippen LogP contribution in [0.3, 0.4) is 0 Å². The Labute approximate surface area is 167 Å². The normalized spacial score (nSPS) is 25.5. The molecule has 0 spiro atoms. The maximum Gasteiger partial charge on any atom is 0.490 e. The van der Waals surface area contributed by atoms with E-state index in [0.29, 0.717) is 6.10 Å². The second-order valence-corrected chi connectivity index (χ2v) is 8.65. The van der Waals surface area contributed by atoms with E-state index in [0.717, 1.165) is 45.9 Å².